The largest absolute Gasteiger partial charge is 0.396 e. The number of aliphatic hydroxyl groups excluding tert-OH is 2. The summed E-state index contributed by atoms with van der Waals surface area (Å²) in [6.07, 6.45) is 1.14. The number of likely N-dealkylation sites (tertiary alicyclic amines) is 1. The first-order valence-electron chi connectivity index (χ1n) is 10.3. The summed E-state index contributed by atoms with van der Waals surface area (Å²) in [6.45, 7) is 2.99. The highest BCUT2D eigenvalue weighted by Crippen LogP contribution is 2.28. The minimum atomic E-state index is -0.236. The molecule has 0 bridgehead atoms. The van der Waals surface area contributed by atoms with Crippen molar-refractivity contribution in [2.24, 2.45) is 0 Å². The van der Waals surface area contributed by atoms with E-state index in [1.165, 1.54) is 5.56 Å². The highest BCUT2D eigenvalue weighted by atomic mass is 16.3. The van der Waals surface area contributed by atoms with Crippen molar-refractivity contribution in [1.29, 1.82) is 0 Å². The van der Waals surface area contributed by atoms with E-state index < -0.39 is 0 Å². The zero-order valence-corrected chi connectivity index (χ0v) is 17.0. The van der Waals surface area contributed by atoms with E-state index in [9.17, 15) is 9.90 Å². The Bertz CT molecular complexity index is 767. The predicted molar refractivity (Wildman–Crippen MR) is 115 cm³/mol. The third-order valence-electron chi connectivity index (χ3n) is 5.49. The number of rotatable bonds is 9. The molecule has 0 saturated carbocycles. The summed E-state index contributed by atoms with van der Waals surface area (Å²) in [5.74, 6) is -0.127. The van der Waals surface area contributed by atoms with Gasteiger partial charge < -0.3 is 20.4 Å². The molecule has 3 N–H and O–H groups in total. The fourth-order valence-corrected chi connectivity index (χ4v) is 3.76. The summed E-state index contributed by atoms with van der Waals surface area (Å²) in [5.41, 5.74) is 2.87. The molecular weight excluding hydrogens is 366 g/mol. The molecular formula is C23H31N3O3. The first-order chi connectivity index (χ1) is 14.1. The van der Waals surface area contributed by atoms with E-state index in [4.69, 9.17) is 5.11 Å². The lowest BCUT2D eigenvalue weighted by molar-refractivity contribution is 0.0951. The molecule has 1 amide bonds. The number of amides is 1. The summed E-state index contributed by atoms with van der Waals surface area (Å²) in [6, 6.07) is 18.1. The maximum Gasteiger partial charge on any atom is 0.251 e. The fraction of sp³-hybridized carbons (Fsp3) is 0.435. The Hall–Kier alpha value is -2.41. The number of anilines is 1. The molecule has 0 radical (unpaired) electrons. The highest BCUT2D eigenvalue weighted by molar-refractivity contribution is 5.94. The normalized spacial score (nSPS) is 17.8. The van der Waals surface area contributed by atoms with Crippen LogP contribution in [0.15, 0.2) is 54.6 Å². The van der Waals surface area contributed by atoms with Gasteiger partial charge in [-0.05, 0) is 42.7 Å². The Balaban J connectivity index is 1.73. The van der Waals surface area contributed by atoms with Crippen molar-refractivity contribution in [2.45, 2.75) is 25.0 Å². The molecule has 156 valence electrons. The van der Waals surface area contributed by atoms with Crippen molar-refractivity contribution in [3.05, 3.63) is 65.7 Å². The number of benzene rings is 2. The average molecular weight is 398 g/mol. The van der Waals surface area contributed by atoms with Gasteiger partial charge in [-0.2, -0.15) is 0 Å². The molecule has 1 aliphatic rings. The van der Waals surface area contributed by atoms with E-state index >= 15 is 0 Å². The number of carbonyl (C=O) groups excluding carboxylic acids is 1. The molecule has 2 aromatic carbocycles. The second-order valence-electron chi connectivity index (χ2n) is 7.62. The minimum Gasteiger partial charge on any atom is -0.396 e. The van der Waals surface area contributed by atoms with Gasteiger partial charge >= 0.3 is 0 Å². The topological polar surface area (TPSA) is 76.0 Å². The van der Waals surface area contributed by atoms with Gasteiger partial charge in [0.1, 0.15) is 0 Å². The van der Waals surface area contributed by atoms with Gasteiger partial charge in [-0.3, -0.25) is 9.69 Å². The molecule has 1 heterocycles. The van der Waals surface area contributed by atoms with Gasteiger partial charge in [0.15, 0.2) is 0 Å². The van der Waals surface area contributed by atoms with Gasteiger partial charge in [0, 0.05) is 51.1 Å². The quantitative estimate of drug-likeness (QED) is 0.565. The van der Waals surface area contributed by atoms with E-state index in [2.05, 4.69) is 46.4 Å². The van der Waals surface area contributed by atoms with Crippen molar-refractivity contribution in [3.8, 4) is 0 Å². The van der Waals surface area contributed by atoms with Crippen LogP contribution < -0.4 is 10.2 Å². The summed E-state index contributed by atoms with van der Waals surface area (Å²) in [4.78, 5) is 16.7. The van der Waals surface area contributed by atoms with E-state index in [1.807, 2.05) is 30.3 Å². The molecule has 2 unspecified atom stereocenters. The van der Waals surface area contributed by atoms with E-state index in [1.54, 1.807) is 0 Å². The van der Waals surface area contributed by atoms with Crippen molar-refractivity contribution in [1.82, 2.24) is 10.2 Å². The van der Waals surface area contributed by atoms with E-state index in [0.29, 0.717) is 25.1 Å². The maximum atomic E-state index is 12.2. The van der Waals surface area contributed by atoms with Gasteiger partial charge in [0.25, 0.3) is 5.91 Å². The first-order valence-corrected chi connectivity index (χ1v) is 10.3. The number of nitrogens with zero attached hydrogens (tertiary/aromatic N) is 2. The lowest BCUT2D eigenvalue weighted by Gasteiger charge is -2.33. The van der Waals surface area contributed by atoms with Gasteiger partial charge in [-0.1, -0.05) is 30.3 Å². The average Bonchev–Trinajstić information content (AvgIpc) is 3.17. The molecule has 0 aliphatic carbocycles. The zero-order chi connectivity index (χ0) is 20.6. The minimum absolute atomic E-state index is 0.0684. The van der Waals surface area contributed by atoms with Crippen molar-refractivity contribution in [2.75, 3.05) is 44.7 Å². The molecule has 29 heavy (non-hydrogen) atoms. The number of hydrogen-bond acceptors (Lipinski definition) is 5. The van der Waals surface area contributed by atoms with Gasteiger partial charge in [-0.25, -0.2) is 0 Å². The molecule has 1 fully saturated rings. The second kappa shape index (κ2) is 10.4. The van der Waals surface area contributed by atoms with Crippen LogP contribution in [0, 0.1) is 0 Å². The second-order valence-corrected chi connectivity index (χ2v) is 7.62. The Kier molecular flexibility index (Phi) is 7.63. The van der Waals surface area contributed by atoms with Gasteiger partial charge in [0.2, 0.25) is 0 Å². The standard InChI is InChI=1S/C23H31N3O3/c1-25(20-10-8-19(9-11-20)23(29)24-13-5-15-27)22(18-6-3-2-4-7-18)17-26-14-12-21(28)16-26/h2-4,6-11,21-22,27-28H,5,12-17H2,1H3,(H,24,29). The number of carbonyl (C=O) groups is 1. The fourth-order valence-electron chi connectivity index (χ4n) is 3.76. The summed E-state index contributed by atoms with van der Waals surface area (Å²) in [7, 11) is 2.07. The molecule has 2 atom stereocenters. The van der Waals surface area contributed by atoms with Crippen molar-refractivity contribution in [3.63, 3.8) is 0 Å². The van der Waals surface area contributed by atoms with Crippen LogP contribution in [0.4, 0.5) is 5.69 Å². The highest BCUT2D eigenvalue weighted by Gasteiger charge is 2.26. The van der Waals surface area contributed by atoms with Crippen LogP contribution in [0.25, 0.3) is 0 Å². The predicted octanol–water partition coefficient (Wildman–Crippen LogP) is 2.04. The van der Waals surface area contributed by atoms with Crippen LogP contribution in [0.5, 0.6) is 0 Å². The Morgan fingerprint density at radius 2 is 1.93 bits per heavy atom. The Morgan fingerprint density at radius 1 is 1.21 bits per heavy atom. The van der Waals surface area contributed by atoms with Crippen LogP contribution in [0.3, 0.4) is 0 Å². The third kappa shape index (κ3) is 5.79. The van der Waals surface area contributed by atoms with Crippen LogP contribution in [-0.2, 0) is 0 Å². The SMILES string of the molecule is CN(c1ccc(C(=O)NCCCO)cc1)C(CN1CCC(O)C1)c1ccccc1. The van der Waals surface area contributed by atoms with Crippen LogP contribution in [0.2, 0.25) is 0 Å². The summed E-state index contributed by atoms with van der Waals surface area (Å²) < 4.78 is 0. The van der Waals surface area contributed by atoms with Crippen LogP contribution >= 0.6 is 0 Å². The van der Waals surface area contributed by atoms with Crippen molar-refractivity contribution >= 4 is 11.6 Å². The number of hydrogen-bond donors (Lipinski definition) is 3. The molecule has 1 aliphatic heterocycles. The lowest BCUT2D eigenvalue weighted by Crippen LogP contribution is -2.36. The number of likely N-dealkylation sites (N-methyl/N-ethyl adjacent to an activating group) is 1. The van der Waals surface area contributed by atoms with Gasteiger partial charge in [-0.15, -0.1) is 0 Å². The molecule has 3 rings (SSSR count). The number of nitrogens with one attached hydrogen (secondary N) is 1. The Morgan fingerprint density at radius 3 is 2.55 bits per heavy atom. The zero-order valence-electron chi connectivity index (χ0n) is 17.0. The number of β-amino-alcohol motifs (C(OH)–C–C–N with tert-alkyl or cyclic N) is 1. The third-order valence-corrected chi connectivity index (χ3v) is 5.49. The molecule has 0 aromatic heterocycles. The van der Waals surface area contributed by atoms with Crippen molar-refractivity contribution < 1.29 is 15.0 Å². The van der Waals surface area contributed by atoms with Crippen LogP contribution in [-0.4, -0.2) is 67.0 Å². The summed E-state index contributed by atoms with van der Waals surface area (Å²) in [5, 5.41) is 21.5. The molecule has 2 aromatic rings. The summed E-state index contributed by atoms with van der Waals surface area (Å²) >= 11 is 0. The molecule has 1 saturated heterocycles. The van der Waals surface area contributed by atoms with E-state index in [0.717, 1.165) is 25.2 Å². The molecule has 0 spiro atoms. The van der Waals surface area contributed by atoms with Gasteiger partial charge in [0.05, 0.1) is 12.1 Å². The van der Waals surface area contributed by atoms with Crippen LogP contribution in [0.1, 0.15) is 34.8 Å². The lowest BCUT2D eigenvalue weighted by atomic mass is 10.0. The smallest absolute Gasteiger partial charge is 0.251 e. The molecule has 6 heteroatoms. The Labute approximate surface area is 172 Å². The first kappa shape index (κ1) is 21.3. The van der Waals surface area contributed by atoms with E-state index in [-0.39, 0.29) is 24.7 Å². The number of aliphatic hydroxyl groups is 2. The monoisotopic (exact) mass is 397 g/mol. The molecule has 6 nitrogen and oxygen atoms in total. The maximum absolute atomic E-state index is 12.2.